The van der Waals surface area contributed by atoms with Gasteiger partial charge >= 0.3 is 18.0 Å². The van der Waals surface area contributed by atoms with Crippen molar-refractivity contribution >= 4 is 18.0 Å². The number of carbonyl (C=O) groups is 3. The molecule has 0 aliphatic rings. The van der Waals surface area contributed by atoms with Gasteiger partial charge in [-0.3, -0.25) is 0 Å². The number of ether oxygens (including phenoxy) is 1. The van der Waals surface area contributed by atoms with E-state index in [2.05, 4.69) is 26.0 Å². The summed E-state index contributed by atoms with van der Waals surface area (Å²) < 4.78 is 4.66. The van der Waals surface area contributed by atoms with Gasteiger partial charge in [0.15, 0.2) is 0 Å². The minimum atomic E-state index is -0.675. The van der Waals surface area contributed by atoms with Gasteiger partial charge in [-0.2, -0.15) is 0 Å². The van der Waals surface area contributed by atoms with Gasteiger partial charge in [-0.05, 0) is 33.1 Å². The van der Waals surface area contributed by atoms with Crippen LogP contribution in [-0.4, -0.2) is 50.8 Å². The molecule has 0 aliphatic carbocycles. The molecule has 122 valence electrons. The fourth-order valence-electron chi connectivity index (χ4n) is 1.66. The molecule has 1 atom stereocenters. The summed E-state index contributed by atoms with van der Waals surface area (Å²) in [6.45, 7) is 5.21. The number of rotatable bonds is 9. The summed E-state index contributed by atoms with van der Waals surface area (Å²) in [4.78, 5) is 34.1. The molecule has 4 N–H and O–H groups in total. The van der Waals surface area contributed by atoms with Crippen molar-refractivity contribution in [2.75, 3.05) is 26.7 Å². The lowest BCUT2D eigenvalue weighted by molar-refractivity contribution is -0.143. The highest BCUT2D eigenvalue weighted by Gasteiger charge is 2.20. The summed E-state index contributed by atoms with van der Waals surface area (Å²) in [5, 5.41) is 10.4. The number of carbonyl (C=O) groups excluding carboxylic acids is 3. The second-order valence-electron chi connectivity index (χ2n) is 4.36. The molecule has 0 radical (unpaired) electrons. The van der Waals surface area contributed by atoms with Gasteiger partial charge in [0.1, 0.15) is 6.04 Å². The summed E-state index contributed by atoms with van der Waals surface area (Å²) in [6.07, 6.45) is 1.85. The Hall–Kier alpha value is -1.99. The second-order valence-corrected chi connectivity index (χ2v) is 4.36. The molecule has 8 heteroatoms. The zero-order valence-electron chi connectivity index (χ0n) is 13.0. The van der Waals surface area contributed by atoms with Crippen LogP contribution in [-0.2, 0) is 9.53 Å². The van der Waals surface area contributed by atoms with Crippen LogP contribution in [0.4, 0.5) is 9.59 Å². The van der Waals surface area contributed by atoms with Gasteiger partial charge in [0.05, 0.1) is 7.11 Å². The summed E-state index contributed by atoms with van der Waals surface area (Å²) in [5.74, 6) is -0.474. The maximum Gasteiger partial charge on any atom is 0.328 e. The van der Waals surface area contributed by atoms with E-state index in [0.717, 1.165) is 0 Å². The van der Waals surface area contributed by atoms with E-state index in [1.54, 1.807) is 6.92 Å². The van der Waals surface area contributed by atoms with Gasteiger partial charge in [-0.25, -0.2) is 14.4 Å². The zero-order valence-corrected chi connectivity index (χ0v) is 13.0. The standard InChI is InChI=1S/C13H26N4O4/c1-4-14-12(19)16-9-7-6-8-10(11(18)21-3)17-13(20)15-5-2/h10H,4-9H2,1-3H3,(H2,14,16,19)(H2,15,17,20)/t10-/m0/s1. The van der Waals surface area contributed by atoms with E-state index < -0.39 is 18.0 Å². The number of esters is 1. The van der Waals surface area contributed by atoms with E-state index >= 15 is 0 Å². The minimum Gasteiger partial charge on any atom is -0.467 e. The van der Waals surface area contributed by atoms with E-state index in [0.29, 0.717) is 38.9 Å². The van der Waals surface area contributed by atoms with Crippen LogP contribution >= 0.6 is 0 Å². The Morgan fingerprint density at radius 3 is 2.14 bits per heavy atom. The Morgan fingerprint density at radius 2 is 1.57 bits per heavy atom. The number of unbranched alkanes of at least 4 members (excludes halogenated alkanes) is 1. The number of methoxy groups -OCH3 is 1. The van der Waals surface area contributed by atoms with Crippen molar-refractivity contribution in [3.63, 3.8) is 0 Å². The van der Waals surface area contributed by atoms with Crippen molar-refractivity contribution < 1.29 is 19.1 Å². The maximum atomic E-state index is 11.6. The lowest BCUT2D eigenvalue weighted by Crippen LogP contribution is -2.46. The van der Waals surface area contributed by atoms with Crippen LogP contribution in [0, 0.1) is 0 Å². The number of nitrogens with one attached hydrogen (secondary N) is 4. The number of hydrogen-bond acceptors (Lipinski definition) is 4. The Morgan fingerprint density at radius 1 is 0.952 bits per heavy atom. The molecule has 0 rings (SSSR count). The number of urea groups is 2. The van der Waals surface area contributed by atoms with Crippen molar-refractivity contribution in [3.8, 4) is 0 Å². The first-order valence-electron chi connectivity index (χ1n) is 7.19. The molecule has 0 saturated heterocycles. The molecule has 0 aliphatic heterocycles. The Kier molecular flexibility index (Phi) is 10.7. The van der Waals surface area contributed by atoms with E-state index in [-0.39, 0.29) is 6.03 Å². The van der Waals surface area contributed by atoms with Gasteiger partial charge in [0.2, 0.25) is 0 Å². The molecular weight excluding hydrogens is 276 g/mol. The summed E-state index contributed by atoms with van der Waals surface area (Å²) in [7, 11) is 1.28. The summed E-state index contributed by atoms with van der Waals surface area (Å²) in [6, 6.07) is -1.28. The molecule has 0 saturated carbocycles. The van der Waals surface area contributed by atoms with Gasteiger partial charge in [-0.15, -0.1) is 0 Å². The summed E-state index contributed by atoms with van der Waals surface area (Å²) >= 11 is 0. The van der Waals surface area contributed by atoms with Crippen molar-refractivity contribution in [2.45, 2.75) is 39.2 Å². The van der Waals surface area contributed by atoms with Crippen molar-refractivity contribution in [1.29, 1.82) is 0 Å². The SMILES string of the molecule is CCNC(=O)NCCCC[C@H](NC(=O)NCC)C(=O)OC. The predicted octanol–water partition coefficient (Wildman–Crippen LogP) is 0.337. The van der Waals surface area contributed by atoms with Crippen LogP contribution in [0.3, 0.4) is 0 Å². The van der Waals surface area contributed by atoms with E-state index in [4.69, 9.17) is 0 Å². The fourth-order valence-corrected chi connectivity index (χ4v) is 1.66. The maximum absolute atomic E-state index is 11.6. The molecule has 0 aromatic rings. The Balaban J connectivity index is 3.99. The molecule has 0 bridgehead atoms. The minimum absolute atomic E-state index is 0.206. The quantitative estimate of drug-likeness (QED) is 0.364. The van der Waals surface area contributed by atoms with Crippen LogP contribution in [0.5, 0.6) is 0 Å². The summed E-state index contributed by atoms with van der Waals surface area (Å²) in [5.41, 5.74) is 0. The van der Waals surface area contributed by atoms with E-state index in [9.17, 15) is 14.4 Å². The lowest BCUT2D eigenvalue weighted by atomic mass is 10.1. The van der Waals surface area contributed by atoms with Gasteiger partial charge in [0.25, 0.3) is 0 Å². The van der Waals surface area contributed by atoms with Crippen molar-refractivity contribution in [1.82, 2.24) is 21.3 Å². The average Bonchev–Trinajstić information content (AvgIpc) is 2.45. The Labute approximate surface area is 125 Å². The first kappa shape index (κ1) is 19.0. The fraction of sp³-hybridized carbons (Fsp3) is 0.769. The van der Waals surface area contributed by atoms with Crippen molar-refractivity contribution in [2.24, 2.45) is 0 Å². The van der Waals surface area contributed by atoms with Gasteiger partial charge in [-0.1, -0.05) is 0 Å². The highest BCUT2D eigenvalue weighted by atomic mass is 16.5. The number of hydrogen-bond donors (Lipinski definition) is 4. The molecule has 0 heterocycles. The van der Waals surface area contributed by atoms with E-state index in [1.807, 2.05) is 6.92 Å². The molecule has 0 aromatic carbocycles. The molecule has 4 amide bonds. The van der Waals surface area contributed by atoms with Gasteiger partial charge in [0, 0.05) is 19.6 Å². The normalized spacial score (nSPS) is 11.2. The third kappa shape index (κ3) is 9.53. The highest BCUT2D eigenvalue weighted by Crippen LogP contribution is 2.02. The second kappa shape index (κ2) is 11.8. The highest BCUT2D eigenvalue weighted by molar-refractivity contribution is 5.83. The third-order valence-corrected chi connectivity index (χ3v) is 2.67. The number of amides is 4. The van der Waals surface area contributed by atoms with Crippen LogP contribution in [0.2, 0.25) is 0 Å². The first-order chi connectivity index (χ1) is 10.0. The average molecular weight is 302 g/mol. The van der Waals surface area contributed by atoms with Gasteiger partial charge < -0.3 is 26.0 Å². The van der Waals surface area contributed by atoms with Crippen LogP contribution in [0.15, 0.2) is 0 Å². The van der Waals surface area contributed by atoms with E-state index in [1.165, 1.54) is 7.11 Å². The topological polar surface area (TPSA) is 109 Å². The molecule has 0 unspecified atom stereocenters. The lowest BCUT2D eigenvalue weighted by Gasteiger charge is -2.16. The first-order valence-corrected chi connectivity index (χ1v) is 7.19. The third-order valence-electron chi connectivity index (χ3n) is 2.67. The largest absolute Gasteiger partial charge is 0.467 e. The molecule has 0 aromatic heterocycles. The Bertz CT molecular complexity index is 336. The van der Waals surface area contributed by atoms with Crippen LogP contribution in [0.1, 0.15) is 33.1 Å². The molecule has 0 spiro atoms. The van der Waals surface area contributed by atoms with Crippen molar-refractivity contribution in [3.05, 3.63) is 0 Å². The zero-order chi connectivity index (χ0) is 16.1. The monoisotopic (exact) mass is 302 g/mol. The predicted molar refractivity (Wildman–Crippen MR) is 78.9 cm³/mol. The molecule has 21 heavy (non-hydrogen) atoms. The molecule has 0 fully saturated rings. The smallest absolute Gasteiger partial charge is 0.328 e. The molecule has 8 nitrogen and oxygen atoms in total. The van der Waals surface area contributed by atoms with Crippen LogP contribution in [0.25, 0.3) is 0 Å². The molecular formula is C13H26N4O4. The van der Waals surface area contributed by atoms with Crippen LogP contribution < -0.4 is 21.3 Å².